The van der Waals surface area contributed by atoms with Crippen LogP contribution in [-0.2, 0) is 20.9 Å². The number of nitrogens with one attached hydrogen (secondary N) is 2. The standard InChI is InChI=1S/C23H24N4O3S/c1-15(2)12-19(23(29)30-3)26-22-17-6-4-5-7-18(17)25-20(27-22)13-24-21(28)9-8-16-10-11-31-14-16/h4-12,14,19H,13H2,1-3H3,(H,24,28)(H,25,26,27)/b9-8+. The second-order valence-electron chi connectivity index (χ2n) is 7.00. The van der Waals surface area contributed by atoms with Crippen molar-refractivity contribution in [3.05, 3.63) is 70.2 Å². The van der Waals surface area contributed by atoms with E-state index in [1.54, 1.807) is 23.5 Å². The highest BCUT2D eigenvalue weighted by Gasteiger charge is 2.19. The van der Waals surface area contributed by atoms with E-state index < -0.39 is 12.0 Å². The maximum atomic E-state index is 12.2. The van der Waals surface area contributed by atoms with E-state index in [0.29, 0.717) is 17.2 Å². The number of rotatable bonds is 8. The largest absolute Gasteiger partial charge is 0.467 e. The van der Waals surface area contributed by atoms with Crippen LogP contribution in [0.15, 0.2) is 58.8 Å². The van der Waals surface area contributed by atoms with Gasteiger partial charge in [0.05, 0.1) is 19.2 Å². The third-order valence-corrected chi connectivity index (χ3v) is 4.99. The highest BCUT2D eigenvalue weighted by atomic mass is 32.1. The number of para-hydroxylation sites is 1. The summed E-state index contributed by atoms with van der Waals surface area (Å²) in [6.07, 6.45) is 5.00. The zero-order valence-corrected chi connectivity index (χ0v) is 18.4. The quantitative estimate of drug-likeness (QED) is 0.316. The number of nitrogens with zero attached hydrogens (tertiary/aromatic N) is 2. The van der Waals surface area contributed by atoms with Crippen molar-refractivity contribution in [2.45, 2.75) is 26.4 Å². The minimum absolute atomic E-state index is 0.151. The highest BCUT2D eigenvalue weighted by molar-refractivity contribution is 7.08. The number of aromatic nitrogens is 2. The lowest BCUT2D eigenvalue weighted by molar-refractivity contribution is -0.140. The van der Waals surface area contributed by atoms with Gasteiger partial charge in [-0.3, -0.25) is 4.79 Å². The summed E-state index contributed by atoms with van der Waals surface area (Å²) in [5.74, 6) is 0.266. The van der Waals surface area contributed by atoms with Crippen molar-refractivity contribution in [2.24, 2.45) is 0 Å². The molecule has 31 heavy (non-hydrogen) atoms. The molecule has 0 saturated carbocycles. The minimum atomic E-state index is -0.690. The summed E-state index contributed by atoms with van der Waals surface area (Å²) in [7, 11) is 1.35. The summed E-state index contributed by atoms with van der Waals surface area (Å²) in [6, 6.07) is 8.73. The second-order valence-corrected chi connectivity index (χ2v) is 7.78. The van der Waals surface area contributed by atoms with Crippen molar-refractivity contribution in [1.29, 1.82) is 0 Å². The number of anilines is 1. The first-order valence-corrected chi connectivity index (χ1v) is 10.6. The van der Waals surface area contributed by atoms with E-state index in [2.05, 4.69) is 20.6 Å². The molecule has 160 valence electrons. The molecule has 2 heterocycles. The average molecular weight is 437 g/mol. The molecule has 1 atom stereocenters. The van der Waals surface area contributed by atoms with Gasteiger partial charge in [-0.25, -0.2) is 14.8 Å². The molecule has 0 saturated heterocycles. The molecule has 2 aromatic heterocycles. The predicted molar refractivity (Wildman–Crippen MR) is 124 cm³/mol. The Bertz CT molecular complexity index is 1120. The Balaban J connectivity index is 1.82. The van der Waals surface area contributed by atoms with Crippen LogP contribution in [0.25, 0.3) is 17.0 Å². The molecule has 1 unspecified atom stereocenters. The molecular weight excluding hydrogens is 412 g/mol. The fourth-order valence-corrected chi connectivity index (χ4v) is 3.49. The molecule has 0 fully saturated rings. The Hall–Kier alpha value is -3.52. The molecule has 1 amide bonds. The van der Waals surface area contributed by atoms with Crippen LogP contribution in [0.3, 0.4) is 0 Å². The summed E-state index contributed by atoms with van der Waals surface area (Å²) in [5, 5.41) is 10.6. The lowest BCUT2D eigenvalue weighted by Gasteiger charge is -2.16. The van der Waals surface area contributed by atoms with Crippen molar-refractivity contribution in [1.82, 2.24) is 15.3 Å². The van der Waals surface area contributed by atoms with E-state index in [1.165, 1.54) is 13.2 Å². The minimum Gasteiger partial charge on any atom is -0.467 e. The monoisotopic (exact) mass is 436 g/mol. The molecule has 0 bridgehead atoms. The van der Waals surface area contributed by atoms with Crippen LogP contribution in [-0.4, -0.2) is 35.0 Å². The zero-order chi connectivity index (χ0) is 22.2. The van der Waals surface area contributed by atoms with Crippen LogP contribution in [0.2, 0.25) is 0 Å². The molecule has 1 aromatic carbocycles. The smallest absolute Gasteiger partial charge is 0.332 e. The van der Waals surface area contributed by atoms with Crippen molar-refractivity contribution >= 4 is 46.0 Å². The first kappa shape index (κ1) is 22.2. The van der Waals surface area contributed by atoms with Gasteiger partial charge < -0.3 is 15.4 Å². The van der Waals surface area contributed by atoms with E-state index in [9.17, 15) is 9.59 Å². The molecule has 2 N–H and O–H groups in total. The average Bonchev–Trinajstić information content (AvgIpc) is 3.28. The number of carbonyl (C=O) groups excluding carboxylic acids is 2. The van der Waals surface area contributed by atoms with Gasteiger partial charge in [-0.05, 0) is 54.4 Å². The predicted octanol–water partition coefficient (Wildman–Crippen LogP) is 3.94. The van der Waals surface area contributed by atoms with Gasteiger partial charge in [-0.2, -0.15) is 11.3 Å². The lowest BCUT2D eigenvalue weighted by atomic mass is 10.1. The van der Waals surface area contributed by atoms with Crippen molar-refractivity contribution in [2.75, 3.05) is 12.4 Å². The number of fused-ring (bicyclic) bond motifs is 1. The van der Waals surface area contributed by atoms with Gasteiger partial charge >= 0.3 is 5.97 Å². The van der Waals surface area contributed by atoms with Crippen LogP contribution in [0.1, 0.15) is 25.2 Å². The van der Waals surface area contributed by atoms with Crippen LogP contribution in [0, 0.1) is 0 Å². The normalized spacial score (nSPS) is 11.8. The summed E-state index contributed by atoms with van der Waals surface area (Å²) in [5.41, 5.74) is 2.65. The number of ether oxygens (including phenoxy) is 1. The number of allylic oxidation sites excluding steroid dienone is 1. The van der Waals surface area contributed by atoms with Gasteiger partial charge in [0.15, 0.2) is 5.82 Å². The Morgan fingerprint density at radius 2 is 2.00 bits per heavy atom. The number of thiophene rings is 1. The van der Waals surface area contributed by atoms with Gasteiger partial charge in [0.25, 0.3) is 0 Å². The number of amides is 1. The number of hydrogen-bond donors (Lipinski definition) is 2. The van der Waals surface area contributed by atoms with Crippen molar-refractivity contribution in [3.8, 4) is 0 Å². The van der Waals surface area contributed by atoms with E-state index in [1.807, 2.05) is 54.9 Å². The zero-order valence-electron chi connectivity index (χ0n) is 17.6. The Morgan fingerprint density at radius 3 is 2.71 bits per heavy atom. The van der Waals surface area contributed by atoms with Gasteiger partial charge in [-0.1, -0.05) is 23.8 Å². The second kappa shape index (κ2) is 10.5. The first-order valence-electron chi connectivity index (χ1n) is 9.69. The molecule has 0 aliphatic heterocycles. The topological polar surface area (TPSA) is 93.2 Å². The number of benzene rings is 1. The van der Waals surface area contributed by atoms with Crippen LogP contribution < -0.4 is 10.6 Å². The summed E-state index contributed by atoms with van der Waals surface area (Å²) in [6.45, 7) is 3.96. The van der Waals surface area contributed by atoms with E-state index in [4.69, 9.17) is 4.74 Å². The Kier molecular flexibility index (Phi) is 7.50. The first-order chi connectivity index (χ1) is 15.0. The maximum Gasteiger partial charge on any atom is 0.332 e. The third kappa shape index (κ3) is 6.23. The Morgan fingerprint density at radius 1 is 1.19 bits per heavy atom. The molecule has 0 aliphatic carbocycles. The molecule has 3 aromatic rings. The summed E-state index contributed by atoms with van der Waals surface area (Å²) < 4.78 is 4.91. The molecule has 8 heteroatoms. The number of carbonyl (C=O) groups is 2. The van der Waals surface area contributed by atoms with Gasteiger partial charge in [0, 0.05) is 11.5 Å². The van der Waals surface area contributed by atoms with Gasteiger partial charge in [0.2, 0.25) is 5.91 Å². The lowest BCUT2D eigenvalue weighted by Crippen LogP contribution is -2.30. The van der Waals surface area contributed by atoms with Crippen LogP contribution >= 0.6 is 11.3 Å². The molecule has 7 nitrogen and oxygen atoms in total. The highest BCUT2D eigenvalue weighted by Crippen LogP contribution is 2.21. The van der Waals surface area contributed by atoms with Crippen LogP contribution in [0.5, 0.6) is 0 Å². The molecular formula is C23H24N4O3S. The van der Waals surface area contributed by atoms with Crippen molar-refractivity contribution in [3.63, 3.8) is 0 Å². The number of esters is 1. The Labute approximate surface area is 184 Å². The molecule has 0 spiro atoms. The van der Waals surface area contributed by atoms with Gasteiger partial charge in [0.1, 0.15) is 11.9 Å². The SMILES string of the molecule is COC(=O)C(C=C(C)C)Nc1nc(CNC(=O)/C=C/c2ccsc2)nc2ccccc12. The third-order valence-electron chi connectivity index (χ3n) is 4.29. The van der Waals surface area contributed by atoms with Crippen LogP contribution in [0.4, 0.5) is 5.82 Å². The number of hydrogen-bond acceptors (Lipinski definition) is 7. The van der Waals surface area contributed by atoms with E-state index in [-0.39, 0.29) is 12.5 Å². The molecule has 0 aliphatic rings. The van der Waals surface area contributed by atoms with Crippen molar-refractivity contribution < 1.29 is 14.3 Å². The summed E-state index contributed by atoms with van der Waals surface area (Å²) in [4.78, 5) is 33.5. The molecule has 0 radical (unpaired) electrons. The fraction of sp³-hybridized carbons (Fsp3) is 0.217. The van der Waals surface area contributed by atoms with Gasteiger partial charge in [-0.15, -0.1) is 0 Å². The van der Waals surface area contributed by atoms with E-state index >= 15 is 0 Å². The van der Waals surface area contributed by atoms with E-state index in [0.717, 1.165) is 16.5 Å². The molecule has 3 rings (SSSR count). The maximum absolute atomic E-state index is 12.2. The summed E-state index contributed by atoms with van der Waals surface area (Å²) >= 11 is 1.57. The fourth-order valence-electron chi connectivity index (χ4n) is 2.86. The number of methoxy groups -OCH3 is 1.